The van der Waals surface area contributed by atoms with Crippen molar-refractivity contribution in [3.05, 3.63) is 29.8 Å². The van der Waals surface area contributed by atoms with Crippen LogP contribution in [0.15, 0.2) is 24.3 Å². The Balaban J connectivity index is 1.83. The molecule has 1 unspecified atom stereocenters. The van der Waals surface area contributed by atoms with E-state index in [2.05, 4.69) is 4.90 Å². The van der Waals surface area contributed by atoms with Gasteiger partial charge in [-0.2, -0.15) is 0 Å². The third-order valence-electron chi connectivity index (χ3n) is 4.09. The summed E-state index contributed by atoms with van der Waals surface area (Å²) in [5.41, 5.74) is 0.105. The number of para-hydroxylation sites is 1. The second kappa shape index (κ2) is 7.05. The molecule has 1 aliphatic heterocycles. The zero-order valence-electron chi connectivity index (χ0n) is 13.0. The Hall–Kier alpha value is -1.39. The first kappa shape index (κ1) is 16.0. The molecule has 0 aromatic heterocycles. The standard InChI is InChI=1S/C17H25NO3/c1-14(19)15-6-3-4-7-16(15)21-13-12-18-10-5-8-17(2,20)9-11-18/h3-4,6-7,20H,5,8-13H2,1-2H3. The number of carbonyl (C=O) groups excluding carboxylic acids is 1. The number of Topliss-reactive ketones (excluding diaryl/α,β-unsaturated/α-hetero) is 1. The van der Waals surface area contributed by atoms with E-state index in [-0.39, 0.29) is 5.78 Å². The number of likely N-dealkylation sites (tertiary alicyclic amines) is 1. The van der Waals surface area contributed by atoms with E-state index in [1.807, 2.05) is 25.1 Å². The van der Waals surface area contributed by atoms with Crippen molar-refractivity contribution < 1.29 is 14.6 Å². The van der Waals surface area contributed by atoms with Crippen LogP contribution in [-0.2, 0) is 0 Å². The molecule has 1 saturated heterocycles. The highest BCUT2D eigenvalue weighted by Crippen LogP contribution is 2.22. The van der Waals surface area contributed by atoms with Gasteiger partial charge in [0.25, 0.3) is 0 Å². The quantitative estimate of drug-likeness (QED) is 0.847. The Kier molecular flexibility index (Phi) is 5.37. The summed E-state index contributed by atoms with van der Waals surface area (Å²) in [4.78, 5) is 13.8. The first-order chi connectivity index (χ1) is 9.98. The van der Waals surface area contributed by atoms with E-state index in [0.29, 0.717) is 17.9 Å². The van der Waals surface area contributed by atoms with Crippen LogP contribution in [0.25, 0.3) is 0 Å². The molecule has 1 aromatic carbocycles. The minimum Gasteiger partial charge on any atom is -0.491 e. The number of benzene rings is 1. The molecule has 1 atom stereocenters. The summed E-state index contributed by atoms with van der Waals surface area (Å²) < 4.78 is 5.77. The molecule has 0 spiro atoms. The van der Waals surface area contributed by atoms with E-state index in [4.69, 9.17) is 4.74 Å². The molecule has 4 heteroatoms. The summed E-state index contributed by atoms with van der Waals surface area (Å²) in [6.07, 6.45) is 2.67. The molecule has 1 aromatic rings. The molecule has 4 nitrogen and oxygen atoms in total. The van der Waals surface area contributed by atoms with Gasteiger partial charge in [-0.05, 0) is 51.8 Å². The van der Waals surface area contributed by atoms with Crippen LogP contribution in [0.5, 0.6) is 5.75 Å². The van der Waals surface area contributed by atoms with E-state index < -0.39 is 5.60 Å². The van der Waals surface area contributed by atoms with Gasteiger partial charge in [0.05, 0.1) is 11.2 Å². The molecular weight excluding hydrogens is 266 g/mol. The maximum Gasteiger partial charge on any atom is 0.163 e. The lowest BCUT2D eigenvalue weighted by atomic mass is 9.98. The highest BCUT2D eigenvalue weighted by Gasteiger charge is 2.24. The van der Waals surface area contributed by atoms with E-state index >= 15 is 0 Å². The van der Waals surface area contributed by atoms with Crippen LogP contribution in [0, 0.1) is 0 Å². The third kappa shape index (κ3) is 4.83. The Morgan fingerprint density at radius 1 is 1.33 bits per heavy atom. The normalized spacial score (nSPS) is 23.6. The Morgan fingerprint density at radius 3 is 2.86 bits per heavy atom. The summed E-state index contributed by atoms with van der Waals surface area (Å²) in [5, 5.41) is 10.1. The number of ether oxygens (including phenoxy) is 1. The maximum absolute atomic E-state index is 11.5. The Bertz CT molecular complexity index is 485. The van der Waals surface area contributed by atoms with Gasteiger partial charge in [0.2, 0.25) is 0 Å². The molecule has 0 amide bonds. The van der Waals surface area contributed by atoms with Gasteiger partial charge < -0.3 is 9.84 Å². The van der Waals surface area contributed by atoms with Crippen molar-refractivity contribution in [2.75, 3.05) is 26.2 Å². The van der Waals surface area contributed by atoms with Crippen LogP contribution >= 0.6 is 0 Å². The van der Waals surface area contributed by atoms with Crippen molar-refractivity contribution in [2.24, 2.45) is 0 Å². The summed E-state index contributed by atoms with van der Waals surface area (Å²) in [7, 11) is 0. The van der Waals surface area contributed by atoms with Crippen molar-refractivity contribution in [2.45, 2.75) is 38.7 Å². The highest BCUT2D eigenvalue weighted by molar-refractivity contribution is 5.96. The van der Waals surface area contributed by atoms with Gasteiger partial charge >= 0.3 is 0 Å². The lowest BCUT2D eigenvalue weighted by Gasteiger charge is -2.22. The van der Waals surface area contributed by atoms with Gasteiger partial charge in [-0.25, -0.2) is 0 Å². The molecular formula is C17H25NO3. The molecule has 0 saturated carbocycles. The van der Waals surface area contributed by atoms with Crippen molar-refractivity contribution in [1.29, 1.82) is 0 Å². The molecule has 21 heavy (non-hydrogen) atoms. The van der Waals surface area contributed by atoms with Gasteiger partial charge in [0, 0.05) is 13.1 Å². The average molecular weight is 291 g/mol. The van der Waals surface area contributed by atoms with Crippen LogP contribution in [0.1, 0.15) is 43.5 Å². The summed E-state index contributed by atoms with van der Waals surface area (Å²) in [6.45, 7) is 6.74. The number of aliphatic hydroxyl groups is 1. The summed E-state index contributed by atoms with van der Waals surface area (Å²) >= 11 is 0. The second-order valence-electron chi connectivity index (χ2n) is 6.09. The maximum atomic E-state index is 11.5. The van der Waals surface area contributed by atoms with Crippen molar-refractivity contribution >= 4 is 5.78 Å². The van der Waals surface area contributed by atoms with Gasteiger partial charge in [0.15, 0.2) is 5.78 Å². The number of hydrogen-bond acceptors (Lipinski definition) is 4. The molecule has 1 heterocycles. The number of rotatable bonds is 5. The first-order valence-corrected chi connectivity index (χ1v) is 7.65. The van der Waals surface area contributed by atoms with E-state index in [0.717, 1.165) is 38.9 Å². The molecule has 1 aliphatic rings. The number of nitrogens with zero attached hydrogens (tertiary/aromatic N) is 1. The summed E-state index contributed by atoms with van der Waals surface area (Å²) in [5.74, 6) is 0.684. The zero-order valence-corrected chi connectivity index (χ0v) is 13.0. The zero-order chi connectivity index (χ0) is 15.3. The van der Waals surface area contributed by atoms with E-state index in [1.54, 1.807) is 13.0 Å². The van der Waals surface area contributed by atoms with Crippen LogP contribution in [0.4, 0.5) is 0 Å². The monoisotopic (exact) mass is 291 g/mol. The van der Waals surface area contributed by atoms with Crippen LogP contribution < -0.4 is 4.74 Å². The molecule has 0 bridgehead atoms. The fraction of sp³-hybridized carbons (Fsp3) is 0.588. The number of carbonyl (C=O) groups is 1. The molecule has 2 rings (SSSR count). The molecule has 1 N–H and O–H groups in total. The number of hydrogen-bond donors (Lipinski definition) is 1. The molecule has 0 radical (unpaired) electrons. The fourth-order valence-electron chi connectivity index (χ4n) is 2.71. The van der Waals surface area contributed by atoms with Crippen LogP contribution in [0.2, 0.25) is 0 Å². The van der Waals surface area contributed by atoms with Gasteiger partial charge in [-0.15, -0.1) is 0 Å². The predicted molar refractivity (Wildman–Crippen MR) is 82.9 cm³/mol. The average Bonchev–Trinajstić information content (AvgIpc) is 2.60. The largest absolute Gasteiger partial charge is 0.491 e. The van der Waals surface area contributed by atoms with Crippen LogP contribution in [-0.4, -0.2) is 47.6 Å². The molecule has 0 aliphatic carbocycles. The SMILES string of the molecule is CC(=O)c1ccccc1OCCN1CCCC(C)(O)CC1. The smallest absolute Gasteiger partial charge is 0.163 e. The van der Waals surface area contributed by atoms with E-state index in [9.17, 15) is 9.90 Å². The lowest BCUT2D eigenvalue weighted by molar-refractivity contribution is 0.0442. The molecule has 1 fully saturated rings. The van der Waals surface area contributed by atoms with Crippen molar-refractivity contribution in [3.63, 3.8) is 0 Å². The van der Waals surface area contributed by atoms with E-state index in [1.165, 1.54) is 0 Å². The minimum absolute atomic E-state index is 0.0245. The molecule has 116 valence electrons. The van der Waals surface area contributed by atoms with Gasteiger partial charge in [-0.3, -0.25) is 9.69 Å². The minimum atomic E-state index is -0.531. The van der Waals surface area contributed by atoms with Crippen molar-refractivity contribution in [1.82, 2.24) is 4.90 Å². The predicted octanol–water partition coefficient (Wildman–Crippen LogP) is 2.50. The fourth-order valence-corrected chi connectivity index (χ4v) is 2.71. The van der Waals surface area contributed by atoms with Gasteiger partial charge in [0.1, 0.15) is 12.4 Å². The van der Waals surface area contributed by atoms with Crippen molar-refractivity contribution in [3.8, 4) is 5.75 Å². The lowest BCUT2D eigenvalue weighted by Crippen LogP contribution is -2.31. The topological polar surface area (TPSA) is 49.8 Å². The van der Waals surface area contributed by atoms with Gasteiger partial charge in [-0.1, -0.05) is 12.1 Å². The summed E-state index contributed by atoms with van der Waals surface area (Å²) in [6, 6.07) is 7.36. The second-order valence-corrected chi connectivity index (χ2v) is 6.09. The van der Waals surface area contributed by atoms with Crippen LogP contribution in [0.3, 0.4) is 0 Å². The highest BCUT2D eigenvalue weighted by atomic mass is 16.5. The Labute approximate surface area is 126 Å². The third-order valence-corrected chi connectivity index (χ3v) is 4.09. The Morgan fingerprint density at radius 2 is 2.10 bits per heavy atom. The first-order valence-electron chi connectivity index (χ1n) is 7.65. The number of ketones is 1.